The molecular formula is C16H17F5. The summed E-state index contributed by atoms with van der Waals surface area (Å²) < 4.78 is 67.0. The molecule has 3 rings (SSSR count). The monoisotopic (exact) mass is 304 g/mol. The molecule has 0 saturated heterocycles. The highest BCUT2D eigenvalue weighted by molar-refractivity contribution is 5.51. The lowest BCUT2D eigenvalue weighted by molar-refractivity contribution is -0.289. The number of hydrogen-bond acceptors (Lipinski definition) is 0. The van der Waals surface area contributed by atoms with Crippen LogP contribution in [-0.2, 0) is 31.6 Å². The van der Waals surface area contributed by atoms with Crippen LogP contribution in [0, 0.1) is 0 Å². The third kappa shape index (κ3) is 2.34. The lowest BCUT2D eigenvalue weighted by Crippen LogP contribution is -2.37. The highest BCUT2D eigenvalue weighted by Gasteiger charge is 2.60. The topological polar surface area (TPSA) is 0 Å². The third-order valence-corrected chi connectivity index (χ3v) is 4.64. The van der Waals surface area contributed by atoms with Gasteiger partial charge in [0.05, 0.1) is 0 Å². The zero-order chi connectivity index (χ0) is 15.3. The molecule has 0 amide bonds. The van der Waals surface area contributed by atoms with E-state index in [2.05, 4.69) is 0 Å². The summed E-state index contributed by atoms with van der Waals surface area (Å²) in [5.41, 5.74) is 1.25. The largest absolute Gasteiger partial charge is 0.458 e. The van der Waals surface area contributed by atoms with E-state index in [4.69, 9.17) is 0 Å². The summed E-state index contributed by atoms with van der Waals surface area (Å²) >= 11 is 0. The number of hydrogen-bond donors (Lipinski definition) is 0. The second-order valence-electron chi connectivity index (χ2n) is 6.01. The van der Waals surface area contributed by atoms with Crippen molar-refractivity contribution in [2.45, 2.75) is 63.5 Å². The highest BCUT2D eigenvalue weighted by Crippen LogP contribution is 2.49. The van der Waals surface area contributed by atoms with Gasteiger partial charge in [-0.1, -0.05) is 6.07 Å². The first-order chi connectivity index (χ1) is 9.82. The lowest BCUT2D eigenvalue weighted by atomic mass is 9.77. The molecule has 0 saturated carbocycles. The number of halogens is 5. The summed E-state index contributed by atoms with van der Waals surface area (Å²) in [6, 6.07) is 1.89. The van der Waals surface area contributed by atoms with Crippen molar-refractivity contribution in [1.82, 2.24) is 0 Å². The van der Waals surface area contributed by atoms with Gasteiger partial charge in [-0.3, -0.25) is 0 Å². The second kappa shape index (κ2) is 4.96. The Kier molecular flexibility index (Phi) is 3.49. The van der Waals surface area contributed by atoms with Gasteiger partial charge in [0.25, 0.3) is 0 Å². The quantitative estimate of drug-likeness (QED) is 0.633. The average molecular weight is 304 g/mol. The van der Waals surface area contributed by atoms with Crippen LogP contribution in [0.1, 0.15) is 53.5 Å². The van der Waals surface area contributed by atoms with Crippen LogP contribution in [0.15, 0.2) is 6.07 Å². The van der Waals surface area contributed by atoms with Gasteiger partial charge in [0.15, 0.2) is 0 Å². The smallest absolute Gasteiger partial charge is 0.191 e. The zero-order valence-corrected chi connectivity index (χ0v) is 11.6. The molecule has 21 heavy (non-hydrogen) atoms. The minimum atomic E-state index is -5.52. The maximum atomic E-state index is 14.1. The van der Waals surface area contributed by atoms with E-state index in [1.54, 1.807) is 0 Å². The van der Waals surface area contributed by atoms with Crippen molar-refractivity contribution < 1.29 is 22.0 Å². The van der Waals surface area contributed by atoms with Gasteiger partial charge in [0.2, 0.25) is 0 Å². The Morgan fingerprint density at radius 2 is 1.10 bits per heavy atom. The molecule has 1 aromatic carbocycles. The molecule has 116 valence electrons. The van der Waals surface area contributed by atoms with E-state index in [9.17, 15) is 22.0 Å². The van der Waals surface area contributed by atoms with Crippen molar-refractivity contribution in [3.63, 3.8) is 0 Å². The standard InChI is InChI=1S/C16H17F5/c17-15(18,16(19,20)21)14-12-7-3-1-5-10(12)9-11-6-2-4-8-13(11)14/h9H,1-8H2. The first-order valence-corrected chi connectivity index (χ1v) is 7.44. The Hall–Kier alpha value is -1.13. The Morgan fingerprint density at radius 3 is 1.52 bits per heavy atom. The van der Waals surface area contributed by atoms with Crippen LogP contribution < -0.4 is 0 Å². The van der Waals surface area contributed by atoms with Crippen LogP contribution in [0.5, 0.6) is 0 Å². The van der Waals surface area contributed by atoms with Crippen LogP contribution in [0.2, 0.25) is 0 Å². The Balaban J connectivity index is 2.26. The fourth-order valence-electron chi connectivity index (χ4n) is 3.66. The second-order valence-corrected chi connectivity index (χ2v) is 6.01. The van der Waals surface area contributed by atoms with E-state index < -0.39 is 17.7 Å². The number of rotatable bonds is 1. The Bertz CT molecular complexity index is 523. The van der Waals surface area contributed by atoms with Crippen LogP contribution in [0.4, 0.5) is 22.0 Å². The molecule has 2 aliphatic carbocycles. The van der Waals surface area contributed by atoms with Crippen LogP contribution in [0.25, 0.3) is 0 Å². The van der Waals surface area contributed by atoms with Gasteiger partial charge in [0, 0.05) is 5.56 Å². The molecule has 0 N–H and O–H groups in total. The molecule has 0 fully saturated rings. The molecule has 0 bridgehead atoms. The number of benzene rings is 1. The first kappa shape index (κ1) is 14.8. The SMILES string of the molecule is FC(F)(F)C(F)(F)c1c2c(cc3c1CCCC3)CCCC2. The van der Waals surface area contributed by atoms with Crippen molar-refractivity contribution in [2.75, 3.05) is 0 Å². The molecule has 1 aromatic rings. The van der Waals surface area contributed by atoms with Crippen molar-refractivity contribution in [3.8, 4) is 0 Å². The maximum absolute atomic E-state index is 14.1. The average Bonchev–Trinajstić information content (AvgIpc) is 2.43. The molecule has 0 atom stereocenters. The number of aryl methyl sites for hydroxylation is 2. The summed E-state index contributed by atoms with van der Waals surface area (Å²) in [7, 11) is 0. The van der Waals surface area contributed by atoms with Gasteiger partial charge in [-0.15, -0.1) is 0 Å². The van der Waals surface area contributed by atoms with Crippen molar-refractivity contribution in [1.29, 1.82) is 0 Å². The van der Waals surface area contributed by atoms with E-state index in [1.165, 1.54) is 0 Å². The summed E-state index contributed by atoms with van der Waals surface area (Å²) in [5, 5.41) is 0. The van der Waals surface area contributed by atoms with Gasteiger partial charge in [0.1, 0.15) is 0 Å². The number of fused-ring (bicyclic) bond motifs is 2. The molecule has 0 aromatic heterocycles. The van der Waals surface area contributed by atoms with Crippen LogP contribution in [0.3, 0.4) is 0 Å². The van der Waals surface area contributed by atoms with Crippen molar-refractivity contribution >= 4 is 0 Å². The fourth-order valence-corrected chi connectivity index (χ4v) is 3.66. The van der Waals surface area contributed by atoms with Gasteiger partial charge in [-0.05, 0) is 73.6 Å². The number of alkyl halides is 5. The molecule has 0 unspecified atom stereocenters. The zero-order valence-electron chi connectivity index (χ0n) is 11.6. The first-order valence-electron chi connectivity index (χ1n) is 7.44. The summed E-state index contributed by atoms with van der Waals surface area (Å²) in [6.45, 7) is 0. The minimum Gasteiger partial charge on any atom is -0.191 e. The van der Waals surface area contributed by atoms with Crippen molar-refractivity contribution in [2.24, 2.45) is 0 Å². The molecule has 0 spiro atoms. The molecule has 0 nitrogen and oxygen atoms in total. The molecule has 2 aliphatic rings. The van der Waals surface area contributed by atoms with Gasteiger partial charge < -0.3 is 0 Å². The highest BCUT2D eigenvalue weighted by atomic mass is 19.4. The van der Waals surface area contributed by atoms with Gasteiger partial charge in [-0.2, -0.15) is 22.0 Å². The molecule has 0 heterocycles. The summed E-state index contributed by atoms with van der Waals surface area (Å²) in [6.07, 6.45) is -0.518. The van der Waals surface area contributed by atoms with Crippen molar-refractivity contribution in [3.05, 3.63) is 33.9 Å². The van der Waals surface area contributed by atoms with Crippen LogP contribution in [-0.4, -0.2) is 6.18 Å². The predicted molar refractivity (Wildman–Crippen MR) is 69.7 cm³/mol. The van der Waals surface area contributed by atoms with E-state index in [1.807, 2.05) is 6.07 Å². The molecular weight excluding hydrogens is 287 g/mol. The summed E-state index contributed by atoms with van der Waals surface area (Å²) in [4.78, 5) is 0. The van der Waals surface area contributed by atoms with E-state index >= 15 is 0 Å². The van der Waals surface area contributed by atoms with Crippen LogP contribution >= 0.6 is 0 Å². The summed E-state index contributed by atoms with van der Waals surface area (Å²) in [5.74, 6) is -4.74. The van der Waals surface area contributed by atoms with E-state index in [0.29, 0.717) is 49.7 Å². The minimum absolute atomic E-state index is 0.268. The Labute approximate surface area is 120 Å². The lowest BCUT2D eigenvalue weighted by Gasteiger charge is -2.32. The molecule has 5 heteroatoms. The molecule has 0 aliphatic heterocycles. The predicted octanol–water partition coefficient (Wildman–Crippen LogP) is 5.10. The van der Waals surface area contributed by atoms with Gasteiger partial charge >= 0.3 is 12.1 Å². The fraction of sp³-hybridized carbons (Fsp3) is 0.625. The molecule has 0 radical (unpaired) electrons. The van der Waals surface area contributed by atoms with Gasteiger partial charge in [-0.25, -0.2) is 0 Å². The normalized spacial score (nSPS) is 19.1. The Morgan fingerprint density at radius 1 is 0.667 bits per heavy atom. The van der Waals surface area contributed by atoms with E-state index in [0.717, 1.165) is 12.8 Å². The third-order valence-electron chi connectivity index (χ3n) is 4.64. The van der Waals surface area contributed by atoms with E-state index in [-0.39, 0.29) is 11.1 Å². The maximum Gasteiger partial charge on any atom is 0.458 e.